The molecule has 7 heteroatoms. The fourth-order valence-corrected chi connectivity index (χ4v) is 2.19. The molecule has 122 valence electrons. The van der Waals surface area contributed by atoms with Gasteiger partial charge in [0, 0.05) is 33.2 Å². The van der Waals surface area contributed by atoms with Crippen LogP contribution in [0.5, 0.6) is 0 Å². The number of morpholine rings is 1. The first kappa shape index (κ1) is 17.7. The fourth-order valence-electron chi connectivity index (χ4n) is 2.19. The molecule has 1 aliphatic rings. The van der Waals surface area contributed by atoms with E-state index >= 15 is 0 Å². The Labute approximate surface area is 126 Å². The number of rotatable bonds is 7. The van der Waals surface area contributed by atoms with Gasteiger partial charge in [-0.05, 0) is 5.92 Å². The topological polar surface area (TPSA) is 82.7 Å². The van der Waals surface area contributed by atoms with Crippen LogP contribution < -0.4 is 16.0 Å². The van der Waals surface area contributed by atoms with Crippen molar-refractivity contribution in [1.29, 1.82) is 0 Å². The average molecular weight is 300 g/mol. The van der Waals surface area contributed by atoms with E-state index in [9.17, 15) is 9.59 Å². The third-order valence-corrected chi connectivity index (χ3v) is 3.84. The van der Waals surface area contributed by atoms with Gasteiger partial charge in [0.25, 0.3) is 0 Å². The first-order chi connectivity index (χ1) is 10.1. The Bertz CT molecular complexity index is 332. The molecule has 7 nitrogen and oxygen atoms in total. The summed E-state index contributed by atoms with van der Waals surface area (Å²) in [5, 5.41) is 8.11. The van der Waals surface area contributed by atoms with Gasteiger partial charge in [-0.1, -0.05) is 20.3 Å². The zero-order chi connectivity index (χ0) is 15.7. The number of nitrogens with zero attached hydrogens (tertiary/aromatic N) is 1. The second-order valence-electron chi connectivity index (χ2n) is 5.33. The van der Waals surface area contributed by atoms with Crippen molar-refractivity contribution in [1.82, 2.24) is 20.9 Å². The minimum absolute atomic E-state index is 0.0886. The van der Waals surface area contributed by atoms with E-state index in [0.29, 0.717) is 6.54 Å². The van der Waals surface area contributed by atoms with Crippen molar-refractivity contribution in [2.24, 2.45) is 5.92 Å². The van der Waals surface area contributed by atoms with Crippen LogP contribution in [0.1, 0.15) is 20.3 Å². The van der Waals surface area contributed by atoms with Gasteiger partial charge in [0.1, 0.15) is 6.04 Å². The largest absolute Gasteiger partial charge is 0.379 e. The van der Waals surface area contributed by atoms with E-state index in [1.165, 1.54) is 0 Å². The molecule has 0 aromatic heterocycles. The van der Waals surface area contributed by atoms with E-state index in [1.54, 1.807) is 7.05 Å². The molecule has 2 atom stereocenters. The lowest BCUT2D eigenvalue weighted by atomic mass is 9.98. The van der Waals surface area contributed by atoms with Crippen LogP contribution in [-0.2, 0) is 9.53 Å². The Balaban J connectivity index is 2.38. The lowest BCUT2D eigenvalue weighted by Crippen LogP contribution is -2.53. The van der Waals surface area contributed by atoms with Crippen molar-refractivity contribution < 1.29 is 14.3 Å². The number of urea groups is 1. The van der Waals surface area contributed by atoms with Crippen molar-refractivity contribution in [3.63, 3.8) is 0 Å². The standard InChI is InChI=1S/C14H28N4O3/c1-4-11(2)12(17-14(20)15-3)13(19)16-5-6-18-7-9-21-10-8-18/h11-12H,4-10H2,1-3H3,(H,16,19)(H2,15,17,20). The van der Waals surface area contributed by atoms with Gasteiger partial charge in [-0.15, -0.1) is 0 Å². The number of hydrogen-bond acceptors (Lipinski definition) is 4. The molecule has 1 saturated heterocycles. The molecule has 0 aliphatic carbocycles. The van der Waals surface area contributed by atoms with Gasteiger partial charge in [-0.25, -0.2) is 4.79 Å². The van der Waals surface area contributed by atoms with E-state index in [4.69, 9.17) is 4.74 Å². The normalized spacial score (nSPS) is 18.6. The third kappa shape index (κ3) is 6.31. The summed E-state index contributed by atoms with van der Waals surface area (Å²) in [4.78, 5) is 25.9. The Morgan fingerprint density at radius 2 is 1.95 bits per heavy atom. The average Bonchev–Trinajstić information content (AvgIpc) is 2.52. The van der Waals surface area contributed by atoms with Crippen molar-refractivity contribution in [3.8, 4) is 0 Å². The lowest BCUT2D eigenvalue weighted by Gasteiger charge is -2.27. The molecule has 0 bridgehead atoms. The van der Waals surface area contributed by atoms with E-state index in [0.717, 1.165) is 39.3 Å². The summed E-state index contributed by atoms with van der Waals surface area (Å²) < 4.78 is 5.28. The maximum atomic E-state index is 12.2. The van der Waals surface area contributed by atoms with Crippen LogP contribution in [0.3, 0.4) is 0 Å². The Morgan fingerprint density at radius 1 is 1.29 bits per heavy atom. The van der Waals surface area contributed by atoms with Crippen molar-refractivity contribution >= 4 is 11.9 Å². The number of carbonyl (C=O) groups excluding carboxylic acids is 2. The summed E-state index contributed by atoms with van der Waals surface area (Å²) in [5.74, 6) is -0.0353. The summed E-state index contributed by atoms with van der Waals surface area (Å²) in [7, 11) is 1.54. The summed E-state index contributed by atoms with van der Waals surface area (Å²) in [6, 6.07) is -0.830. The van der Waals surface area contributed by atoms with Gasteiger partial charge in [0.05, 0.1) is 13.2 Å². The molecule has 21 heavy (non-hydrogen) atoms. The summed E-state index contributed by atoms with van der Waals surface area (Å²) in [6.07, 6.45) is 0.825. The molecule has 1 aliphatic heterocycles. The molecule has 0 radical (unpaired) electrons. The van der Waals surface area contributed by atoms with E-state index in [2.05, 4.69) is 20.9 Å². The first-order valence-corrected chi connectivity index (χ1v) is 7.64. The van der Waals surface area contributed by atoms with E-state index in [1.807, 2.05) is 13.8 Å². The highest BCUT2D eigenvalue weighted by molar-refractivity contribution is 5.87. The molecule has 3 N–H and O–H groups in total. The number of hydrogen-bond donors (Lipinski definition) is 3. The van der Waals surface area contributed by atoms with Crippen molar-refractivity contribution in [2.75, 3.05) is 46.4 Å². The Morgan fingerprint density at radius 3 is 2.52 bits per heavy atom. The van der Waals surface area contributed by atoms with E-state index < -0.39 is 6.04 Å². The van der Waals surface area contributed by atoms with Crippen molar-refractivity contribution in [2.45, 2.75) is 26.3 Å². The molecule has 0 aromatic carbocycles. The highest BCUT2D eigenvalue weighted by Crippen LogP contribution is 2.07. The zero-order valence-electron chi connectivity index (χ0n) is 13.3. The number of nitrogens with one attached hydrogen (secondary N) is 3. The molecule has 1 fully saturated rings. The number of amides is 3. The fraction of sp³-hybridized carbons (Fsp3) is 0.857. The molecule has 1 heterocycles. The minimum atomic E-state index is -0.500. The van der Waals surface area contributed by atoms with Crippen LogP contribution >= 0.6 is 0 Å². The summed E-state index contributed by atoms with van der Waals surface area (Å²) >= 11 is 0. The highest BCUT2D eigenvalue weighted by atomic mass is 16.5. The molecular formula is C14H28N4O3. The maximum absolute atomic E-state index is 12.2. The molecule has 0 aromatic rings. The van der Waals surface area contributed by atoms with E-state index in [-0.39, 0.29) is 17.9 Å². The van der Waals surface area contributed by atoms with Gasteiger partial charge in [-0.3, -0.25) is 9.69 Å². The van der Waals surface area contributed by atoms with Crippen LogP contribution in [-0.4, -0.2) is 69.3 Å². The van der Waals surface area contributed by atoms with Crippen LogP contribution in [0, 0.1) is 5.92 Å². The minimum Gasteiger partial charge on any atom is -0.379 e. The maximum Gasteiger partial charge on any atom is 0.315 e. The predicted molar refractivity (Wildman–Crippen MR) is 81.1 cm³/mol. The quantitative estimate of drug-likeness (QED) is 0.607. The monoisotopic (exact) mass is 300 g/mol. The molecule has 0 saturated carbocycles. The number of ether oxygens (including phenoxy) is 1. The molecule has 3 amide bonds. The zero-order valence-corrected chi connectivity index (χ0v) is 13.3. The molecule has 1 rings (SSSR count). The second kappa shape index (κ2) is 9.57. The predicted octanol–water partition coefficient (Wildman–Crippen LogP) is -0.221. The first-order valence-electron chi connectivity index (χ1n) is 7.64. The van der Waals surface area contributed by atoms with Crippen LogP contribution in [0.25, 0.3) is 0 Å². The van der Waals surface area contributed by atoms with Gasteiger partial charge in [0.2, 0.25) is 5.91 Å². The SMILES string of the molecule is CCC(C)C(NC(=O)NC)C(=O)NCCN1CCOCC1. The molecule has 0 spiro atoms. The van der Waals surface area contributed by atoms with Crippen LogP contribution in [0.2, 0.25) is 0 Å². The van der Waals surface area contributed by atoms with Crippen LogP contribution in [0.15, 0.2) is 0 Å². The molecular weight excluding hydrogens is 272 g/mol. The van der Waals surface area contributed by atoms with Gasteiger partial charge >= 0.3 is 6.03 Å². The van der Waals surface area contributed by atoms with Crippen LogP contribution in [0.4, 0.5) is 4.79 Å². The number of carbonyl (C=O) groups is 2. The third-order valence-electron chi connectivity index (χ3n) is 3.84. The van der Waals surface area contributed by atoms with Crippen molar-refractivity contribution in [3.05, 3.63) is 0 Å². The summed E-state index contributed by atoms with van der Waals surface area (Å²) in [6.45, 7) is 8.67. The lowest BCUT2D eigenvalue weighted by molar-refractivity contribution is -0.124. The second-order valence-corrected chi connectivity index (χ2v) is 5.33. The summed E-state index contributed by atoms with van der Waals surface area (Å²) in [5.41, 5.74) is 0. The Kier molecular flexibility index (Phi) is 8.07. The van der Waals surface area contributed by atoms with Gasteiger partial charge in [-0.2, -0.15) is 0 Å². The highest BCUT2D eigenvalue weighted by Gasteiger charge is 2.25. The molecule has 2 unspecified atom stereocenters. The van der Waals surface area contributed by atoms with Gasteiger partial charge < -0.3 is 20.7 Å². The smallest absolute Gasteiger partial charge is 0.315 e. The Hall–Kier alpha value is -1.34. The van der Waals surface area contributed by atoms with Gasteiger partial charge in [0.15, 0.2) is 0 Å².